The summed E-state index contributed by atoms with van der Waals surface area (Å²) < 4.78 is 0. The second-order valence-corrected chi connectivity index (χ2v) is 6.05. The van der Waals surface area contributed by atoms with E-state index in [4.69, 9.17) is 5.11 Å². The lowest BCUT2D eigenvalue weighted by Crippen LogP contribution is -2.31. The second kappa shape index (κ2) is 6.21. The number of hydrogen-bond acceptors (Lipinski definition) is 4. The van der Waals surface area contributed by atoms with Gasteiger partial charge in [-0.05, 0) is 11.8 Å². The Morgan fingerprint density at radius 3 is 2.19 bits per heavy atom. The molecule has 0 saturated heterocycles. The van der Waals surface area contributed by atoms with Crippen LogP contribution in [0.4, 0.5) is 5.13 Å². The summed E-state index contributed by atoms with van der Waals surface area (Å²) in [5, 5.41) is 10.1. The highest BCUT2D eigenvalue weighted by Crippen LogP contribution is 2.24. The smallest absolute Gasteiger partial charge is 0.185 e. The quantitative estimate of drug-likeness (QED) is 0.833. The lowest BCUT2D eigenvalue weighted by Gasteiger charge is -2.25. The molecule has 1 rings (SSSR count). The SMILES string of the molecule is CC(C)CN(CC(C)C)c1ncc(CO)s1. The molecule has 0 unspecified atom stereocenters. The Kier molecular flexibility index (Phi) is 5.22. The molecule has 0 bridgehead atoms. The monoisotopic (exact) mass is 242 g/mol. The van der Waals surface area contributed by atoms with Crippen LogP contribution in [0.15, 0.2) is 6.20 Å². The highest BCUT2D eigenvalue weighted by Gasteiger charge is 2.13. The van der Waals surface area contributed by atoms with Gasteiger partial charge in [0.05, 0.1) is 11.5 Å². The van der Waals surface area contributed by atoms with Crippen molar-refractivity contribution in [2.45, 2.75) is 34.3 Å². The molecule has 0 aromatic carbocycles. The van der Waals surface area contributed by atoms with E-state index in [0.717, 1.165) is 23.1 Å². The van der Waals surface area contributed by atoms with Gasteiger partial charge < -0.3 is 10.0 Å². The Balaban J connectivity index is 2.74. The molecule has 1 aromatic heterocycles. The maximum absolute atomic E-state index is 9.05. The highest BCUT2D eigenvalue weighted by molar-refractivity contribution is 7.15. The summed E-state index contributed by atoms with van der Waals surface area (Å²) in [4.78, 5) is 7.63. The summed E-state index contributed by atoms with van der Waals surface area (Å²) in [7, 11) is 0. The number of anilines is 1. The minimum atomic E-state index is 0.0921. The van der Waals surface area contributed by atoms with Crippen LogP contribution in [0.25, 0.3) is 0 Å². The van der Waals surface area contributed by atoms with Gasteiger partial charge in [0.2, 0.25) is 0 Å². The van der Waals surface area contributed by atoms with E-state index < -0.39 is 0 Å². The fourth-order valence-electron chi connectivity index (χ4n) is 1.63. The van der Waals surface area contributed by atoms with Crippen molar-refractivity contribution in [1.29, 1.82) is 0 Å². The van der Waals surface area contributed by atoms with Crippen molar-refractivity contribution in [1.82, 2.24) is 4.98 Å². The van der Waals surface area contributed by atoms with Crippen molar-refractivity contribution in [3.63, 3.8) is 0 Å². The van der Waals surface area contributed by atoms with Crippen molar-refractivity contribution in [2.75, 3.05) is 18.0 Å². The van der Waals surface area contributed by atoms with Gasteiger partial charge in [0.1, 0.15) is 0 Å². The minimum absolute atomic E-state index is 0.0921. The highest BCUT2D eigenvalue weighted by atomic mass is 32.1. The summed E-state index contributed by atoms with van der Waals surface area (Å²) in [5.74, 6) is 1.25. The molecule has 0 aliphatic heterocycles. The van der Waals surface area contributed by atoms with E-state index in [1.54, 1.807) is 17.5 Å². The zero-order valence-corrected chi connectivity index (χ0v) is 11.4. The minimum Gasteiger partial charge on any atom is -0.391 e. The Morgan fingerprint density at radius 1 is 1.25 bits per heavy atom. The average Bonchev–Trinajstić information content (AvgIpc) is 2.63. The van der Waals surface area contributed by atoms with E-state index in [-0.39, 0.29) is 6.61 Å². The number of rotatable bonds is 6. The van der Waals surface area contributed by atoms with Crippen LogP contribution in [-0.2, 0) is 6.61 Å². The number of aromatic nitrogens is 1. The molecule has 1 aromatic rings. The topological polar surface area (TPSA) is 36.4 Å². The van der Waals surface area contributed by atoms with Gasteiger partial charge in [-0.2, -0.15) is 0 Å². The van der Waals surface area contributed by atoms with E-state index in [1.807, 2.05) is 0 Å². The van der Waals surface area contributed by atoms with E-state index in [1.165, 1.54) is 0 Å². The first kappa shape index (κ1) is 13.5. The molecule has 0 atom stereocenters. The maximum atomic E-state index is 9.05. The number of aliphatic hydroxyl groups excluding tert-OH is 1. The van der Waals surface area contributed by atoms with Crippen LogP contribution in [-0.4, -0.2) is 23.2 Å². The summed E-state index contributed by atoms with van der Waals surface area (Å²) in [6, 6.07) is 0. The number of nitrogens with zero attached hydrogens (tertiary/aromatic N) is 2. The third-order valence-corrected chi connectivity index (χ3v) is 3.18. The van der Waals surface area contributed by atoms with Crippen molar-refractivity contribution in [3.8, 4) is 0 Å². The maximum Gasteiger partial charge on any atom is 0.185 e. The van der Waals surface area contributed by atoms with Crippen LogP contribution in [0, 0.1) is 11.8 Å². The zero-order chi connectivity index (χ0) is 12.1. The van der Waals surface area contributed by atoms with E-state index >= 15 is 0 Å². The third kappa shape index (κ3) is 4.10. The Morgan fingerprint density at radius 2 is 1.81 bits per heavy atom. The Labute approximate surface area is 102 Å². The molecule has 0 aliphatic rings. The number of hydrogen-bond donors (Lipinski definition) is 1. The van der Waals surface area contributed by atoms with Crippen LogP contribution in [0.3, 0.4) is 0 Å². The van der Waals surface area contributed by atoms with Crippen LogP contribution in [0.5, 0.6) is 0 Å². The average molecular weight is 242 g/mol. The van der Waals surface area contributed by atoms with Crippen molar-refractivity contribution in [3.05, 3.63) is 11.1 Å². The molecule has 3 nitrogen and oxygen atoms in total. The predicted molar refractivity (Wildman–Crippen MR) is 69.9 cm³/mol. The fourth-order valence-corrected chi connectivity index (χ4v) is 2.42. The normalized spacial score (nSPS) is 11.4. The van der Waals surface area contributed by atoms with Gasteiger partial charge in [0.25, 0.3) is 0 Å². The molecule has 16 heavy (non-hydrogen) atoms. The van der Waals surface area contributed by atoms with Crippen molar-refractivity contribution >= 4 is 16.5 Å². The molecular weight excluding hydrogens is 220 g/mol. The molecule has 4 heteroatoms. The summed E-state index contributed by atoms with van der Waals surface area (Å²) in [6.07, 6.45) is 1.77. The largest absolute Gasteiger partial charge is 0.391 e. The van der Waals surface area contributed by atoms with Gasteiger partial charge in [-0.25, -0.2) is 4.98 Å². The van der Waals surface area contributed by atoms with Crippen LogP contribution >= 0.6 is 11.3 Å². The van der Waals surface area contributed by atoms with Gasteiger partial charge in [-0.15, -0.1) is 0 Å². The second-order valence-electron chi connectivity index (χ2n) is 4.96. The van der Waals surface area contributed by atoms with Crippen molar-refractivity contribution < 1.29 is 5.11 Å². The first-order valence-electron chi connectivity index (χ1n) is 5.83. The first-order chi connectivity index (χ1) is 7.52. The standard InChI is InChI=1S/C12H22N2OS/c1-9(2)6-14(7-10(3)4)12-13-5-11(8-15)16-12/h5,9-10,15H,6-8H2,1-4H3. The molecule has 0 spiro atoms. The van der Waals surface area contributed by atoms with Crippen LogP contribution in [0.1, 0.15) is 32.6 Å². The molecule has 0 amide bonds. The van der Waals surface area contributed by atoms with Crippen molar-refractivity contribution in [2.24, 2.45) is 11.8 Å². The molecule has 92 valence electrons. The number of aliphatic hydroxyl groups is 1. The van der Waals surface area contributed by atoms with Gasteiger partial charge in [-0.1, -0.05) is 39.0 Å². The molecule has 1 heterocycles. The Bertz CT molecular complexity index is 300. The molecule has 1 N–H and O–H groups in total. The van der Waals surface area contributed by atoms with Crippen LogP contribution in [0.2, 0.25) is 0 Å². The van der Waals surface area contributed by atoms with Gasteiger partial charge in [0, 0.05) is 19.3 Å². The predicted octanol–water partition coefficient (Wildman–Crippen LogP) is 2.75. The molecule has 0 saturated carbocycles. The molecule has 0 radical (unpaired) electrons. The van der Waals surface area contributed by atoms with E-state index in [2.05, 4.69) is 37.6 Å². The lowest BCUT2D eigenvalue weighted by molar-refractivity contribution is 0.285. The first-order valence-corrected chi connectivity index (χ1v) is 6.65. The van der Waals surface area contributed by atoms with Crippen LogP contribution < -0.4 is 4.90 Å². The zero-order valence-electron chi connectivity index (χ0n) is 10.6. The van der Waals surface area contributed by atoms with Gasteiger partial charge in [-0.3, -0.25) is 0 Å². The third-order valence-electron chi connectivity index (χ3n) is 2.14. The van der Waals surface area contributed by atoms with Gasteiger partial charge in [0.15, 0.2) is 5.13 Å². The van der Waals surface area contributed by atoms with E-state index in [9.17, 15) is 0 Å². The fraction of sp³-hybridized carbons (Fsp3) is 0.750. The summed E-state index contributed by atoms with van der Waals surface area (Å²) in [6.45, 7) is 11.0. The molecule has 0 aliphatic carbocycles. The molecular formula is C12H22N2OS. The van der Waals surface area contributed by atoms with Gasteiger partial charge >= 0.3 is 0 Å². The Hall–Kier alpha value is -0.610. The summed E-state index contributed by atoms with van der Waals surface area (Å²) in [5.41, 5.74) is 0. The lowest BCUT2D eigenvalue weighted by atomic mass is 10.1. The number of thiazole rings is 1. The van der Waals surface area contributed by atoms with E-state index in [0.29, 0.717) is 11.8 Å². The molecule has 0 fully saturated rings. The summed E-state index contributed by atoms with van der Waals surface area (Å²) >= 11 is 1.59.